The first-order valence-electron chi connectivity index (χ1n) is 5.62. The Hall–Kier alpha value is 0.0200. The van der Waals surface area contributed by atoms with Crippen molar-refractivity contribution in [3.05, 3.63) is 26.9 Å². The average Bonchev–Trinajstić information content (AvgIpc) is 2.28. The molecule has 1 unspecified atom stereocenters. The monoisotopic (exact) mass is 398 g/mol. The van der Waals surface area contributed by atoms with Gasteiger partial charge in [0.15, 0.2) is 0 Å². The molecule has 1 aromatic heterocycles. The van der Waals surface area contributed by atoms with E-state index in [0.29, 0.717) is 12.8 Å². The molecular formula is C11H16Br2N2O2S. The van der Waals surface area contributed by atoms with Gasteiger partial charge in [-0.3, -0.25) is 4.98 Å². The summed E-state index contributed by atoms with van der Waals surface area (Å²) in [4.78, 5) is 4.24. The number of sulfone groups is 1. The molecule has 0 saturated heterocycles. The average molecular weight is 400 g/mol. The maximum atomic E-state index is 11.4. The summed E-state index contributed by atoms with van der Waals surface area (Å²) in [6.45, 7) is 1.65. The third-order valence-electron chi connectivity index (χ3n) is 2.60. The van der Waals surface area contributed by atoms with Gasteiger partial charge in [-0.05, 0) is 50.8 Å². The minimum atomic E-state index is -2.91. The van der Waals surface area contributed by atoms with Gasteiger partial charge in [0.2, 0.25) is 0 Å². The van der Waals surface area contributed by atoms with Crippen molar-refractivity contribution >= 4 is 41.7 Å². The highest BCUT2D eigenvalue weighted by Crippen LogP contribution is 2.25. The quantitative estimate of drug-likeness (QED) is 0.798. The Morgan fingerprint density at radius 2 is 2.11 bits per heavy atom. The summed E-state index contributed by atoms with van der Waals surface area (Å²) in [6, 6.07) is 1.63. The molecule has 0 amide bonds. The van der Waals surface area contributed by atoms with Crippen LogP contribution < -0.4 is 5.73 Å². The summed E-state index contributed by atoms with van der Waals surface area (Å²) in [6.07, 6.45) is 2.84. The van der Waals surface area contributed by atoms with Crippen LogP contribution >= 0.6 is 31.9 Å². The molecule has 0 fully saturated rings. The van der Waals surface area contributed by atoms with Crippen LogP contribution in [0.25, 0.3) is 0 Å². The van der Waals surface area contributed by atoms with Gasteiger partial charge in [-0.1, -0.05) is 6.92 Å². The summed E-state index contributed by atoms with van der Waals surface area (Å²) in [5, 5.41) is 0. The fourth-order valence-corrected chi connectivity index (χ4v) is 3.68. The minimum absolute atomic E-state index is 0.183. The molecule has 4 nitrogen and oxygen atoms in total. The van der Waals surface area contributed by atoms with Gasteiger partial charge in [-0.25, -0.2) is 8.42 Å². The molecule has 1 atom stereocenters. The second kappa shape index (κ2) is 6.98. The van der Waals surface area contributed by atoms with Crippen LogP contribution in [-0.2, 0) is 9.84 Å². The molecule has 0 bridgehead atoms. The fraction of sp³-hybridized carbons (Fsp3) is 0.545. The third-order valence-corrected chi connectivity index (χ3v) is 5.46. The number of nitrogens with two attached hydrogens (primary N) is 1. The summed E-state index contributed by atoms with van der Waals surface area (Å²) in [5.74, 6) is 0.369. The normalized spacial score (nSPS) is 13.6. The van der Waals surface area contributed by atoms with Crippen molar-refractivity contribution in [2.75, 3.05) is 11.5 Å². The van der Waals surface area contributed by atoms with Gasteiger partial charge < -0.3 is 5.73 Å². The second-order valence-corrected chi connectivity index (χ2v) is 8.25. The van der Waals surface area contributed by atoms with E-state index < -0.39 is 9.84 Å². The molecule has 1 heterocycles. The molecule has 1 rings (SSSR count). The van der Waals surface area contributed by atoms with Gasteiger partial charge >= 0.3 is 0 Å². The molecule has 18 heavy (non-hydrogen) atoms. The standard InChI is InChI=1S/C11H16Br2N2O2S/c1-2-18(16,17)5-3-4-10(14)11-9(13)6-8(12)7-15-11/h6-7,10H,2-5,14H2,1H3. The van der Waals surface area contributed by atoms with E-state index in [1.807, 2.05) is 6.07 Å². The van der Waals surface area contributed by atoms with Crippen molar-refractivity contribution in [1.29, 1.82) is 0 Å². The Labute approximate surface area is 125 Å². The molecule has 1 aromatic rings. The number of halogens is 2. The highest BCUT2D eigenvalue weighted by molar-refractivity contribution is 9.11. The predicted octanol–water partition coefficient (Wildman–Crippen LogP) is 2.82. The fourth-order valence-electron chi connectivity index (χ4n) is 1.50. The van der Waals surface area contributed by atoms with Crippen molar-refractivity contribution in [2.24, 2.45) is 5.73 Å². The molecule has 2 N–H and O–H groups in total. The van der Waals surface area contributed by atoms with E-state index in [4.69, 9.17) is 5.73 Å². The number of nitrogens with zero attached hydrogens (tertiary/aromatic N) is 1. The second-order valence-electron chi connectivity index (χ2n) is 4.01. The first kappa shape index (κ1) is 16.1. The van der Waals surface area contributed by atoms with Crippen molar-refractivity contribution in [1.82, 2.24) is 4.98 Å². The summed E-state index contributed by atoms with van der Waals surface area (Å²) in [5.41, 5.74) is 6.77. The Bertz CT molecular complexity index is 506. The van der Waals surface area contributed by atoms with Crippen LogP contribution in [0.2, 0.25) is 0 Å². The molecular weight excluding hydrogens is 384 g/mol. The lowest BCUT2D eigenvalue weighted by atomic mass is 10.1. The van der Waals surface area contributed by atoms with Crippen molar-refractivity contribution in [2.45, 2.75) is 25.8 Å². The van der Waals surface area contributed by atoms with Crippen molar-refractivity contribution in [3.8, 4) is 0 Å². The van der Waals surface area contributed by atoms with Gasteiger partial charge in [-0.15, -0.1) is 0 Å². The smallest absolute Gasteiger partial charge is 0.150 e. The van der Waals surface area contributed by atoms with Crippen LogP contribution in [0.3, 0.4) is 0 Å². The predicted molar refractivity (Wildman–Crippen MR) is 80.1 cm³/mol. The van der Waals surface area contributed by atoms with E-state index in [1.165, 1.54) is 0 Å². The van der Waals surface area contributed by atoms with E-state index in [-0.39, 0.29) is 17.5 Å². The third kappa shape index (κ3) is 4.95. The Balaban J connectivity index is 2.58. The number of hydrogen-bond acceptors (Lipinski definition) is 4. The van der Waals surface area contributed by atoms with Crippen LogP contribution in [0.5, 0.6) is 0 Å². The molecule has 0 radical (unpaired) electrons. The Morgan fingerprint density at radius 3 is 2.67 bits per heavy atom. The highest BCUT2D eigenvalue weighted by atomic mass is 79.9. The van der Waals surface area contributed by atoms with Gasteiger partial charge in [0, 0.05) is 26.9 Å². The van der Waals surface area contributed by atoms with Crippen LogP contribution in [0.15, 0.2) is 21.2 Å². The maximum absolute atomic E-state index is 11.4. The lowest BCUT2D eigenvalue weighted by Crippen LogP contribution is -2.15. The molecule has 0 saturated carbocycles. The Kier molecular flexibility index (Phi) is 6.23. The van der Waals surface area contributed by atoms with Gasteiger partial charge in [-0.2, -0.15) is 0 Å². The molecule has 7 heteroatoms. The lowest BCUT2D eigenvalue weighted by Gasteiger charge is -2.12. The SMILES string of the molecule is CCS(=O)(=O)CCCC(N)c1ncc(Br)cc1Br. The van der Waals surface area contributed by atoms with E-state index in [2.05, 4.69) is 36.8 Å². The molecule has 0 aliphatic rings. The summed E-state index contributed by atoms with van der Waals surface area (Å²) in [7, 11) is -2.91. The lowest BCUT2D eigenvalue weighted by molar-refractivity contribution is 0.580. The molecule has 0 spiro atoms. The molecule has 102 valence electrons. The number of pyridine rings is 1. The molecule has 0 aliphatic carbocycles. The first-order chi connectivity index (χ1) is 8.35. The Morgan fingerprint density at radius 1 is 1.44 bits per heavy atom. The molecule has 0 aliphatic heterocycles. The van der Waals surface area contributed by atoms with Gasteiger partial charge in [0.05, 0.1) is 11.4 Å². The van der Waals surface area contributed by atoms with Crippen molar-refractivity contribution < 1.29 is 8.42 Å². The van der Waals surface area contributed by atoms with E-state index >= 15 is 0 Å². The van der Waals surface area contributed by atoms with E-state index in [9.17, 15) is 8.42 Å². The van der Waals surface area contributed by atoms with Gasteiger partial charge in [0.25, 0.3) is 0 Å². The number of hydrogen-bond donors (Lipinski definition) is 1. The zero-order chi connectivity index (χ0) is 13.8. The van der Waals surface area contributed by atoms with Crippen molar-refractivity contribution in [3.63, 3.8) is 0 Å². The maximum Gasteiger partial charge on any atom is 0.150 e. The van der Waals surface area contributed by atoms with Crippen LogP contribution in [0, 0.1) is 0 Å². The molecule has 0 aromatic carbocycles. The van der Waals surface area contributed by atoms with E-state index in [1.54, 1.807) is 13.1 Å². The topological polar surface area (TPSA) is 73.0 Å². The zero-order valence-corrected chi connectivity index (χ0v) is 14.1. The van der Waals surface area contributed by atoms with Crippen LogP contribution in [0.4, 0.5) is 0 Å². The van der Waals surface area contributed by atoms with Gasteiger partial charge in [0.1, 0.15) is 9.84 Å². The summed E-state index contributed by atoms with van der Waals surface area (Å²) >= 11 is 6.72. The number of aromatic nitrogens is 1. The highest BCUT2D eigenvalue weighted by Gasteiger charge is 2.14. The van der Waals surface area contributed by atoms with Crippen LogP contribution in [0.1, 0.15) is 31.5 Å². The van der Waals surface area contributed by atoms with E-state index in [0.717, 1.165) is 14.6 Å². The largest absolute Gasteiger partial charge is 0.323 e. The summed E-state index contributed by atoms with van der Waals surface area (Å²) < 4.78 is 24.4. The zero-order valence-electron chi connectivity index (χ0n) is 10.1. The van der Waals surface area contributed by atoms with Crippen LogP contribution in [-0.4, -0.2) is 24.9 Å². The number of rotatable bonds is 6. The minimum Gasteiger partial charge on any atom is -0.323 e. The first-order valence-corrected chi connectivity index (χ1v) is 9.03.